The zero-order valence-corrected chi connectivity index (χ0v) is 11.1. The van der Waals surface area contributed by atoms with Gasteiger partial charge in [-0.1, -0.05) is 18.6 Å². The predicted molar refractivity (Wildman–Crippen MR) is 73.9 cm³/mol. The molecule has 1 fully saturated rings. The molecule has 3 nitrogen and oxygen atoms in total. The fraction of sp³-hybridized carbons (Fsp3) is 0.533. The number of carbonyl (C=O) groups excluding carboxylic acids is 1. The molecule has 18 heavy (non-hydrogen) atoms. The second-order valence-corrected chi connectivity index (χ2v) is 5.15. The van der Waals surface area contributed by atoms with Crippen LogP contribution in [0.15, 0.2) is 24.3 Å². The number of carbonyl (C=O) groups is 1. The number of anilines is 1. The van der Waals surface area contributed by atoms with Crippen LogP contribution in [0, 0.1) is 5.92 Å². The lowest BCUT2D eigenvalue weighted by atomic mass is 9.82. The average Bonchev–Trinajstić information content (AvgIpc) is 2.33. The van der Waals surface area contributed by atoms with Crippen LogP contribution in [0.5, 0.6) is 0 Å². The first kappa shape index (κ1) is 12.9. The summed E-state index contributed by atoms with van der Waals surface area (Å²) in [6, 6.07) is 7.77. The lowest BCUT2D eigenvalue weighted by Gasteiger charge is -2.28. The van der Waals surface area contributed by atoms with E-state index in [0.29, 0.717) is 18.4 Å². The van der Waals surface area contributed by atoms with E-state index in [1.807, 2.05) is 36.1 Å². The molecule has 0 saturated heterocycles. The van der Waals surface area contributed by atoms with Crippen LogP contribution >= 0.6 is 0 Å². The molecule has 0 aromatic heterocycles. The molecule has 0 atom stereocenters. The molecule has 1 aliphatic rings. The number of hydrogen-bond donors (Lipinski definition) is 1. The molecular formula is C15H22N2O. The van der Waals surface area contributed by atoms with E-state index in [1.165, 1.54) is 19.3 Å². The van der Waals surface area contributed by atoms with Crippen molar-refractivity contribution < 1.29 is 4.79 Å². The van der Waals surface area contributed by atoms with E-state index < -0.39 is 0 Å². The highest BCUT2D eigenvalue weighted by atomic mass is 16.2. The minimum Gasteiger partial charge on any atom is -0.399 e. The number of nitrogens with two attached hydrogens (primary N) is 1. The van der Waals surface area contributed by atoms with Crippen LogP contribution < -0.4 is 5.73 Å². The normalized spacial score (nSPS) is 15.2. The second-order valence-electron chi connectivity index (χ2n) is 5.15. The lowest BCUT2D eigenvalue weighted by molar-refractivity contribution is -0.133. The Bertz CT molecular complexity index is 395. The van der Waals surface area contributed by atoms with E-state index in [4.69, 9.17) is 5.73 Å². The Morgan fingerprint density at radius 1 is 1.33 bits per heavy atom. The number of nitrogen functional groups attached to an aromatic ring is 1. The Hall–Kier alpha value is -1.51. The number of hydrogen-bond acceptors (Lipinski definition) is 2. The predicted octanol–water partition coefficient (Wildman–Crippen LogP) is 2.81. The van der Waals surface area contributed by atoms with Crippen molar-refractivity contribution in [2.24, 2.45) is 5.92 Å². The molecule has 1 saturated carbocycles. The van der Waals surface area contributed by atoms with Gasteiger partial charge in [-0.3, -0.25) is 4.79 Å². The van der Waals surface area contributed by atoms with Gasteiger partial charge in [-0.05, 0) is 43.4 Å². The van der Waals surface area contributed by atoms with Crippen molar-refractivity contribution >= 4 is 11.6 Å². The standard InChI is InChI=1S/C15H22N2O/c1-2-17(15(18)10-12-4-3-5-12)11-13-6-8-14(16)9-7-13/h6-9,12H,2-5,10-11,16H2,1H3. The number of amides is 1. The van der Waals surface area contributed by atoms with Crippen molar-refractivity contribution in [1.29, 1.82) is 0 Å². The van der Waals surface area contributed by atoms with Gasteiger partial charge >= 0.3 is 0 Å². The number of nitrogens with zero attached hydrogens (tertiary/aromatic N) is 1. The Morgan fingerprint density at radius 2 is 2.00 bits per heavy atom. The van der Waals surface area contributed by atoms with Crippen LogP contribution in [0.4, 0.5) is 5.69 Å². The van der Waals surface area contributed by atoms with Crippen LogP contribution in [0.25, 0.3) is 0 Å². The Morgan fingerprint density at radius 3 is 2.50 bits per heavy atom. The zero-order chi connectivity index (χ0) is 13.0. The summed E-state index contributed by atoms with van der Waals surface area (Å²) in [5, 5.41) is 0. The maximum Gasteiger partial charge on any atom is 0.223 e. The molecule has 0 radical (unpaired) electrons. The van der Waals surface area contributed by atoms with Crippen molar-refractivity contribution in [1.82, 2.24) is 4.90 Å². The molecule has 0 heterocycles. The van der Waals surface area contributed by atoms with Crippen molar-refractivity contribution in [3.8, 4) is 0 Å². The van der Waals surface area contributed by atoms with E-state index >= 15 is 0 Å². The Kier molecular flexibility index (Phi) is 4.24. The largest absolute Gasteiger partial charge is 0.399 e. The van der Waals surface area contributed by atoms with Crippen LogP contribution in [0.3, 0.4) is 0 Å². The molecule has 0 unspecified atom stereocenters. The van der Waals surface area contributed by atoms with Crippen molar-refractivity contribution in [2.45, 2.75) is 39.2 Å². The van der Waals surface area contributed by atoms with Gasteiger partial charge in [0.1, 0.15) is 0 Å². The summed E-state index contributed by atoms with van der Waals surface area (Å²) in [5.41, 5.74) is 7.57. The minimum absolute atomic E-state index is 0.291. The topological polar surface area (TPSA) is 46.3 Å². The Balaban J connectivity index is 1.91. The molecule has 0 spiro atoms. The molecule has 98 valence electrons. The van der Waals surface area contributed by atoms with Gasteiger partial charge in [0.2, 0.25) is 5.91 Å². The molecule has 2 rings (SSSR count). The van der Waals surface area contributed by atoms with Gasteiger partial charge in [0.25, 0.3) is 0 Å². The quantitative estimate of drug-likeness (QED) is 0.812. The van der Waals surface area contributed by atoms with Crippen LogP contribution in [-0.2, 0) is 11.3 Å². The summed E-state index contributed by atoms with van der Waals surface area (Å²) in [7, 11) is 0. The highest BCUT2D eigenvalue weighted by molar-refractivity contribution is 5.76. The van der Waals surface area contributed by atoms with E-state index in [0.717, 1.165) is 24.2 Å². The number of rotatable bonds is 5. The van der Waals surface area contributed by atoms with Gasteiger partial charge in [-0.15, -0.1) is 0 Å². The molecule has 0 bridgehead atoms. The first-order valence-corrected chi connectivity index (χ1v) is 6.81. The molecule has 1 aliphatic carbocycles. The fourth-order valence-corrected chi connectivity index (χ4v) is 2.29. The third-order valence-corrected chi connectivity index (χ3v) is 3.78. The summed E-state index contributed by atoms with van der Waals surface area (Å²) < 4.78 is 0. The van der Waals surface area contributed by atoms with Gasteiger partial charge < -0.3 is 10.6 Å². The van der Waals surface area contributed by atoms with Crippen LogP contribution in [0.1, 0.15) is 38.2 Å². The average molecular weight is 246 g/mol. The fourth-order valence-electron chi connectivity index (χ4n) is 2.29. The van der Waals surface area contributed by atoms with Gasteiger partial charge in [0.15, 0.2) is 0 Å². The van der Waals surface area contributed by atoms with E-state index in [-0.39, 0.29) is 0 Å². The van der Waals surface area contributed by atoms with Crippen molar-refractivity contribution in [2.75, 3.05) is 12.3 Å². The molecule has 3 heteroatoms. The van der Waals surface area contributed by atoms with E-state index in [9.17, 15) is 4.79 Å². The van der Waals surface area contributed by atoms with Gasteiger partial charge in [-0.25, -0.2) is 0 Å². The molecule has 1 aromatic carbocycles. The zero-order valence-electron chi connectivity index (χ0n) is 11.1. The lowest BCUT2D eigenvalue weighted by Crippen LogP contribution is -2.32. The molecule has 2 N–H and O–H groups in total. The van der Waals surface area contributed by atoms with Crippen molar-refractivity contribution in [3.05, 3.63) is 29.8 Å². The summed E-state index contributed by atoms with van der Waals surface area (Å²) in [6.45, 7) is 3.51. The Labute approximate surface area is 109 Å². The summed E-state index contributed by atoms with van der Waals surface area (Å²) >= 11 is 0. The first-order valence-electron chi connectivity index (χ1n) is 6.81. The van der Waals surface area contributed by atoms with Crippen molar-refractivity contribution in [3.63, 3.8) is 0 Å². The summed E-state index contributed by atoms with van der Waals surface area (Å²) in [5.74, 6) is 0.928. The van der Waals surface area contributed by atoms with Gasteiger partial charge in [0, 0.05) is 25.2 Å². The highest BCUT2D eigenvalue weighted by Crippen LogP contribution is 2.30. The second kappa shape index (κ2) is 5.89. The highest BCUT2D eigenvalue weighted by Gasteiger charge is 2.23. The number of benzene rings is 1. The summed E-state index contributed by atoms with van der Waals surface area (Å²) in [4.78, 5) is 14.1. The minimum atomic E-state index is 0.291. The van der Waals surface area contributed by atoms with Gasteiger partial charge in [0.05, 0.1) is 0 Å². The van der Waals surface area contributed by atoms with Crippen LogP contribution in [0.2, 0.25) is 0 Å². The van der Waals surface area contributed by atoms with Gasteiger partial charge in [-0.2, -0.15) is 0 Å². The smallest absolute Gasteiger partial charge is 0.223 e. The maximum atomic E-state index is 12.2. The molecule has 1 aromatic rings. The van der Waals surface area contributed by atoms with E-state index in [1.54, 1.807) is 0 Å². The van der Waals surface area contributed by atoms with E-state index in [2.05, 4.69) is 0 Å². The first-order chi connectivity index (χ1) is 8.69. The summed E-state index contributed by atoms with van der Waals surface area (Å²) in [6.07, 6.45) is 4.47. The molecule has 0 aliphatic heterocycles. The molecule has 1 amide bonds. The third-order valence-electron chi connectivity index (χ3n) is 3.78. The monoisotopic (exact) mass is 246 g/mol. The maximum absolute atomic E-state index is 12.2. The van der Waals surface area contributed by atoms with Crippen LogP contribution in [-0.4, -0.2) is 17.4 Å². The third kappa shape index (κ3) is 3.25. The molecular weight excluding hydrogens is 224 g/mol. The SMILES string of the molecule is CCN(Cc1ccc(N)cc1)C(=O)CC1CCC1.